The highest BCUT2D eigenvalue weighted by molar-refractivity contribution is 7.99. The summed E-state index contributed by atoms with van der Waals surface area (Å²) in [4.78, 5) is 4.81. The summed E-state index contributed by atoms with van der Waals surface area (Å²) >= 11 is 8.40. The number of aromatic nitrogens is 4. The van der Waals surface area contributed by atoms with Crippen LogP contribution >= 0.6 is 23.4 Å². The van der Waals surface area contributed by atoms with Gasteiger partial charge in [0.25, 0.3) is 0 Å². The Hall–Kier alpha value is -0.680. The van der Waals surface area contributed by atoms with E-state index >= 15 is 0 Å². The fourth-order valence-electron chi connectivity index (χ4n) is 3.57. The number of rotatable bonds is 3. The Bertz CT molecular complexity index is 646. The molecule has 0 bridgehead atoms. The van der Waals surface area contributed by atoms with E-state index in [9.17, 15) is 0 Å². The summed E-state index contributed by atoms with van der Waals surface area (Å²) in [5.41, 5.74) is 3.12. The maximum Gasteiger partial charge on any atom is 0.159 e. The first-order valence-electron chi connectivity index (χ1n) is 7.63. The molecule has 0 aromatic carbocycles. The predicted molar refractivity (Wildman–Crippen MR) is 90.3 cm³/mol. The zero-order valence-electron chi connectivity index (χ0n) is 13.1. The van der Waals surface area contributed by atoms with E-state index in [1.165, 1.54) is 25.7 Å². The second kappa shape index (κ2) is 5.84. The highest BCUT2D eigenvalue weighted by Gasteiger charge is 2.31. The van der Waals surface area contributed by atoms with Gasteiger partial charge >= 0.3 is 0 Å². The molecule has 0 radical (unpaired) electrons. The second-order valence-corrected chi connectivity index (χ2v) is 7.69. The number of aryl methyl sites for hydroxylation is 2. The third-order valence-corrected chi connectivity index (χ3v) is 5.87. The Kier molecular flexibility index (Phi) is 4.23. The molecular formula is C15H23ClN4S. The van der Waals surface area contributed by atoms with Crippen LogP contribution in [0, 0.1) is 6.92 Å². The van der Waals surface area contributed by atoms with Crippen molar-refractivity contribution in [2.45, 2.75) is 56.2 Å². The number of nitrogens with zero attached hydrogens (tertiary/aromatic N) is 4. The summed E-state index contributed by atoms with van der Waals surface area (Å²) < 4.78 is 4.35. The summed E-state index contributed by atoms with van der Waals surface area (Å²) in [5, 5.41) is 5.10. The Morgan fingerprint density at radius 3 is 2.71 bits per heavy atom. The molecule has 0 amide bonds. The molecule has 2 heterocycles. The minimum atomic E-state index is -0.0822. The fraction of sp³-hybridized carbons (Fsp3) is 0.733. The third kappa shape index (κ3) is 2.48. The van der Waals surface area contributed by atoms with Gasteiger partial charge in [0.2, 0.25) is 0 Å². The summed E-state index contributed by atoms with van der Waals surface area (Å²) in [6, 6.07) is 0.477. The van der Waals surface area contributed by atoms with Gasteiger partial charge in [-0.3, -0.25) is 4.68 Å². The number of hydrogen-bond donors (Lipinski definition) is 0. The number of halogens is 1. The predicted octanol–water partition coefficient (Wildman–Crippen LogP) is 4.22. The Labute approximate surface area is 135 Å². The minimum absolute atomic E-state index is 0.0822. The molecule has 116 valence electrons. The number of imidazole rings is 1. The van der Waals surface area contributed by atoms with E-state index in [0.717, 1.165) is 22.7 Å². The van der Waals surface area contributed by atoms with Crippen LogP contribution in [0.15, 0.2) is 0 Å². The molecule has 3 atom stereocenters. The van der Waals surface area contributed by atoms with Gasteiger partial charge in [-0.15, -0.1) is 11.6 Å². The molecule has 0 N–H and O–H groups in total. The molecule has 3 unspecified atom stereocenters. The zero-order chi connectivity index (χ0) is 15.1. The van der Waals surface area contributed by atoms with E-state index in [1.807, 2.05) is 37.3 Å². The maximum absolute atomic E-state index is 6.43. The van der Waals surface area contributed by atoms with Gasteiger partial charge in [-0.1, -0.05) is 12.8 Å². The molecule has 0 saturated heterocycles. The molecule has 21 heavy (non-hydrogen) atoms. The summed E-state index contributed by atoms with van der Waals surface area (Å²) in [5.74, 6) is 0.994. The first-order valence-corrected chi connectivity index (χ1v) is 9.35. The number of fused-ring (bicyclic) bond motifs is 1. The lowest BCUT2D eigenvalue weighted by atomic mass is 9.94. The first-order chi connectivity index (χ1) is 10.0. The first kappa shape index (κ1) is 15.2. The van der Waals surface area contributed by atoms with E-state index in [1.54, 1.807) is 0 Å². The van der Waals surface area contributed by atoms with Crippen molar-refractivity contribution in [1.29, 1.82) is 0 Å². The largest absolute Gasteiger partial charge is 0.307 e. The van der Waals surface area contributed by atoms with Crippen molar-refractivity contribution < 1.29 is 0 Å². The van der Waals surface area contributed by atoms with Crippen molar-refractivity contribution >= 4 is 34.5 Å². The monoisotopic (exact) mass is 326 g/mol. The molecule has 3 rings (SSSR count). The Morgan fingerprint density at radius 2 is 2.05 bits per heavy atom. The molecule has 2 aromatic rings. The van der Waals surface area contributed by atoms with Crippen LogP contribution in [0.25, 0.3) is 11.2 Å². The average Bonchev–Trinajstić information content (AvgIpc) is 2.98. The van der Waals surface area contributed by atoms with Gasteiger partial charge in [-0.25, -0.2) is 4.98 Å². The van der Waals surface area contributed by atoms with Gasteiger partial charge in [0.05, 0.1) is 11.1 Å². The average molecular weight is 327 g/mol. The van der Waals surface area contributed by atoms with E-state index < -0.39 is 0 Å². The minimum Gasteiger partial charge on any atom is -0.307 e. The third-order valence-electron chi connectivity index (χ3n) is 4.52. The molecule has 2 aromatic heterocycles. The lowest BCUT2D eigenvalue weighted by Crippen LogP contribution is -2.27. The van der Waals surface area contributed by atoms with Crippen LogP contribution in [0.4, 0.5) is 0 Å². The number of alkyl halides is 1. The molecule has 0 aliphatic heterocycles. The smallest absolute Gasteiger partial charge is 0.159 e. The van der Waals surface area contributed by atoms with Crippen molar-refractivity contribution in [2.24, 2.45) is 7.05 Å². The van der Waals surface area contributed by atoms with E-state index in [4.69, 9.17) is 16.6 Å². The summed E-state index contributed by atoms with van der Waals surface area (Å²) in [7, 11) is 2.01. The molecular weight excluding hydrogens is 304 g/mol. The van der Waals surface area contributed by atoms with E-state index in [2.05, 4.69) is 15.9 Å². The van der Waals surface area contributed by atoms with Gasteiger partial charge < -0.3 is 4.57 Å². The lowest BCUT2D eigenvalue weighted by molar-refractivity contribution is 0.360. The topological polar surface area (TPSA) is 35.6 Å². The summed E-state index contributed by atoms with van der Waals surface area (Å²) in [6.07, 6.45) is 7.32. The van der Waals surface area contributed by atoms with Crippen molar-refractivity contribution in [2.75, 3.05) is 6.26 Å². The van der Waals surface area contributed by atoms with Crippen LogP contribution in [0.1, 0.15) is 55.5 Å². The Morgan fingerprint density at radius 1 is 1.33 bits per heavy atom. The van der Waals surface area contributed by atoms with Crippen molar-refractivity contribution in [3.05, 3.63) is 11.5 Å². The van der Waals surface area contributed by atoms with Crippen molar-refractivity contribution in [3.8, 4) is 0 Å². The molecule has 1 aliphatic rings. The molecule has 1 fully saturated rings. The lowest BCUT2D eigenvalue weighted by Gasteiger charge is -2.33. The van der Waals surface area contributed by atoms with Crippen LogP contribution in [0.2, 0.25) is 0 Å². The standard InChI is InChI=1S/C15H23ClN4S/c1-9(16)14-17-13-10(2)18-19(3)15(13)20(14)11-7-5-6-8-12(11)21-4/h9,11-12H,5-8H2,1-4H3. The highest BCUT2D eigenvalue weighted by Crippen LogP contribution is 2.40. The van der Waals surface area contributed by atoms with Crippen LogP contribution in [0.5, 0.6) is 0 Å². The molecule has 1 saturated carbocycles. The summed E-state index contributed by atoms with van der Waals surface area (Å²) in [6.45, 7) is 4.04. The van der Waals surface area contributed by atoms with E-state index in [-0.39, 0.29) is 5.38 Å². The van der Waals surface area contributed by atoms with Crippen LogP contribution < -0.4 is 0 Å². The molecule has 4 nitrogen and oxygen atoms in total. The number of thioether (sulfide) groups is 1. The SMILES string of the molecule is CSC1CCCCC1n1c(C(C)Cl)nc2c(C)nn(C)c21. The van der Waals surface area contributed by atoms with Gasteiger partial charge in [-0.05, 0) is 32.9 Å². The second-order valence-electron chi connectivity index (χ2n) is 5.96. The molecule has 6 heteroatoms. The highest BCUT2D eigenvalue weighted by atomic mass is 35.5. The Balaban J connectivity index is 2.20. The van der Waals surface area contributed by atoms with Crippen LogP contribution in [-0.4, -0.2) is 30.8 Å². The van der Waals surface area contributed by atoms with Crippen LogP contribution in [-0.2, 0) is 7.05 Å². The number of hydrogen-bond acceptors (Lipinski definition) is 3. The normalized spacial score (nSPS) is 24.6. The van der Waals surface area contributed by atoms with Gasteiger partial charge in [0.15, 0.2) is 5.65 Å². The quantitative estimate of drug-likeness (QED) is 0.792. The maximum atomic E-state index is 6.43. The van der Waals surface area contributed by atoms with Crippen molar-refractivity contribution in [1.82, 2.24) is 19.3 Å². The van der Waals surface area contributed by atoms with Crippen LogP contribution in [0.3, 0.4) is 0 Å². The van der Waals surface area contributed by atoms with Gasteiger partial charge in [0.1, 0.15) is 11.3 Å². The van der Waals surface area contributed by atoms with Crippen molar-refractivity contribution in [3.63, 3.8) is 0 Å². The molecule has 1 aliphatic carbocycles. The fourth-order valence-corrected chi connectivity index (χ4v) is 4.70. The van der Waals surface area contributed by atoms with Gasteiger partial charge in [0, 0.05) is 18.3 Å². The van der Waals surface area contributed by atoms with E-state index in [0.29, 0.717) is 11.3 Å². The van der Waals surface area contributed by atoms with Gasteiger partial charge in [-0.2, -0.15) is 16.9 Å². The zero-order valence-corrected chi connectivity index (χ0v) is 14.7. The molecule has 0 spiro atoms.